The first-order valence-corrected chi connectivity index (χ1v) is 9.02. The van der Waals surface area contributed by atoms with Crippen molar-refractivity contribution in [2.24, 2.45) is 5.92 Å². The van der Waals surface area contributed by atoms with Gasteiger partial charge in [0.15, 0.2) is 0 Å². The molecule has 8 heteroatoms. The van der Waals surface area contributed by atoms with E-state index in [1.165, 1.54) is 21.6 Å². The Balaban J connectivity index is 2.28. The van der Waals surface area contributed by atoms with Crippen LogP contribution in [0.15, 0.2) is 10.8 Å². The van der Waals surface area contributed by atoms with Crippen LogP contribution in [0.1, 0.15) is 49.5 Å². The highest BCUT2D eigenvalue weighted by molar-refractivity contribution is 7.08. The molecule has 0 aromatic carbocycles. The molecule has 0 aliphatic carbocycles. The lowest BCUT2D eigenvalue weighted by Crippen LogP contribution is -2.36. The standard InChI is InChI=1S/C17H23NO6S/c1-5-23-15(21)11-7-18(16(22)24-17(2,3)4)6-10(11)12-8-25-9-13(12)14(19)20/h8-11H,5-7H2,1-4H3,(H,19,20)/t10-,11+/m1/s1. The summed E-state index contributed by atoms with van der Waals surface area (Å²) < 4.78 is 10.5. The third-order valence-corrected chi connectivity index (χ3v) is 4.64. The zero-order chi connectivity index (χ0) is 18.8. The van der Waals surface area contributed by atoms with Gasteiger partial charge in [0.1, 0.15) is 5.60 Å². The van der Waals surface area contributed by atoms with Crippen LogP contribution in [0.5, 0.6) is 0 Å². The topological polar surface area (TPSA) is 93.1 Å². The van der Waals surface area contributed by atoms with E-state index in [9.17, 15) is 19.5 Å². The van der Waals surface area contributed by atoms with E-state index in [2.05, 4.69) is 0 Å². The summed E-state index contributed by atoms with van der Waals surface area (Å²) >= 11 is 1.26. The molecule has 1 aliphatic heterocycles. The minimum atomic E-state index is -1.05. The molecule has 2 atom stereocenters. The van der Waals surface area contributed by atoms with Crippen LogP contribution < -0.4 is 0 Å². The molecule has 1 fully saturated rings. The summed E-state index contributed by atoms with van der Waals surface area (Å²) in [6.45, 7) is 7.60. The zero-order valence-electron chi connectivity index (χ0n) is 14.8. The molecule has 25 heavy (non-hydrogen) atoms. The van der Waals surface area contributed by atoms with Gasteiger partial charge in [-0.05, 0) is 38.6 Å². The van der Waals surface area contributed by atoms with Crippen molar-refractivity contribution in [1.82, 2.24) is 4.90 Å². The minimum absolute atomic E-state index is 0.146. The summed E-state index contributed by atoms with van der Waals surface area (Å²) in [7, 11) is 0. The number of thiophene rings is 1. The van der Waals surface area contributed by atoms with Crippen molar-refractivity contribution in [3.05, 3.63) is 21.9 Å². The first-order valence-electron chi connectivity index (χ1n) is 8.08. The molecule has 2 heterocycles. The maximum Gasteiger partial charge on any atom is 0.410 e. The number of esters is 1. The fourth-order valence-electron chi connectivity index (χ4n) is 2.85. The zero-order valence-corrected chi connectivity index (χ0v) is 15.6. The van der Waals surface area contributed by atoms with E-state index < -0.39 is 35.5 Å². The van der Waals surface area contributed by atoms with Gasteiger partial charge in [-0.3, -0.25) is 4.79 Å². The van der Waals surface area contributed by atoms with E-state index >= 15 is 0 Å². The Morgan fingerprint density at radius 2 is 1.96 bits per heavy atom. The Bertz CT molecular complexity index is 662. The number of ether oxygens (including phenoxy) is 2. The van der Waals surface area contributed by atoms with Crippen molar-refractivity contribution in [2.75, 3.05) is 19.7 Å². The molecule has 2 rings (SSSR count). The molecule has 0 unspecified atom stereocenters. The molecule has 1 amide bonds. The fourth-order valence-corrected chi connectivity index (χ4v) is 3.74. The highest BCUT2D eigenvalue weighted by Crippen LogP contribution is 2.37. The second-order valence-corrected chi connectivity index (χ2v) is 7.64. The summed E-state index contributed by atoms with van der Waals surface area (Å²) in [5.41, 5.74) is 0.0698. The third-order valence-electron chi connectivity index (χ3n) is 3.88. The number of hydrogen-bond acceptors (Lipinski definition) is 6. The van der Waals surface area contributed by atoms with E-state index in [1.807, 2.05) is 0 Å². The van der Waals surface area contributed by atoms with Gasteiger partial charge in [-0.2, -0.15) is 11.3 Å². The lowest BCUT2D eigenvalue weighted by atomic mass is 9.88. The Labute approximate surface area is 150 Å². The summed E-state index contributed by atoms with van der Waals surface area (Å²) in [4.78, 5) is 37.6. The number of carbonyl (C=O) groups is 3. The van der Waals surface area contributed by atoms with Crippen LogP contribution in [0.25, 0.3) is 0 Å². The Morgan fingerprint density at radius 3 is 2.52 bits per heavy atom. The Kier molecular flexibility index (Phi) is 5.72. The van der Waals surface area contributed by atoms with Gasteiger partial charge in [-0.25, -0.2) is 9.59 Å². The molecule has 1 saturated heterocycles. The van der Waals surface area contributed by atoms with E-state index in [-0.39, 0.29) is 25.3 Å². The number of carboxylic acid groups (broad SMARTS) is 1. The van der Waals surface area contributed by atoms with Gasteiger partial charge in [-0.15, -0.1) is 0 Å². The van der Waals surface area contributed by atoms with Crippen molar-refractivity contribution in [1.29, 1.82) is 0 Å². The molecule has 1 N–H and O–H groups in total. The van der Waals surface area contributed by atoms with Crippen LogP contribution in [0, 0.1) is 5.92 Å². The van der Waals surface area contributed by atoms with Gasteiger partial charge in [0.25, 0.3) is 0 Å². The summed E-state index contributed by atoms with van der Waals surface area (Å²) in [5, 5.41) is 12.6. The number of likely N-dealkylation sites (tertiary alicyclic amines) is 1. The van der Waals surface area contributed by atoms with E-state index in [0.717, 1.165) is 0 Å². The van der Waals surface area contributed by atoms with E-state index in [4.69, 9.17) is 9.47 Å². The summed E-state index contributed by atoms with van der Waals surface area (Å²) in [6.07, 6.45) is -0.517. The molecule has 1 aromatic rings. The second kappa shape index (κ2) is 7.43. The van der Waals surface area contributed by atoms with E-state index in [1.54, 1.807) is 33.1 Å². The number of hydrogen-bond donors (Lipinski definition) is 1. The quantitative estimate of drug-likeness (QED) is 0.820. The van der Waals surface area contributed by atoms with Crippen molar-refractivity contribution in [2.45, 2.75) is 39.2 Å². The number of nitrogens with zero attached hydrogens (tertiary/aromatic N) is 1. The molecule has 138 valence electrons. The average molecular weight is 369 g/mol. The molecular formula is C17H23NO6S. The first kappa shape index (κ1) is 19.2. The Morgan fingerprint density at radius 1 is 1.28 bits per heavy atom. The monoisotopic (exact) mass is 369 g/mol. The second-order valence-electron chi connectivity index (χ2n) is 6.90. The van der Waals surface area contributed by atoms with Crippen molar-refractivity contribution in [3.8, 4) is 0 Å². The molecule has 1 aliphatic rings. The third kappa shape index (κ3) is 4.50. The average Bonchev–Trinajstić information content (AvgIpc) is 3.12. The maximum absolute atomic E-state index is 12.4. The molecule has 0 bridgehead atoms. The van der Waals surface area contributed by atoms with Crippen molar-refractivity contribution in [3.63, 3.8) is 0 Å². The fraction of sp³-hybridized carbons (Fsp3) is 0.588. The number of carboxylic acids is 1. The van der Waals surface area contributed by atoms with Crippen molar-refractivity contribution < 1.29 is 29.0 Å². The largest absolute Gasteiger partial charge is 0.478 e. The van der Waals surface area contributed by atoms with Crippen LogP contribution in [0.3, 0.4) is 0 Å². The summed E-state index contributed by atoms with van der Waals surface area (Å²) in [5.74, 6) is -2.51. The molecule has 7 nitrogen and oxygen atoms in total. The maximum atomic E-state index is 12.4. The smallest absolute Gasteiger partial charge is 0.410 e. The number of aromatic carboxylic acids is 1. The molecule has 0 radical (unpaired) electrons. The number of carbonyl (C=O) groups excluding carboxylic acids is 2. The number of amides is 1. The highest BCUT2D eigenvalue weighted by atomic mass is 32.1. The Hall–Kier alpha value is -2.09. The van der Waals surface area contributed by atoms with Crippen molar-refractivity contribution >= 4 is 29.4 Å². The van der Waals surface area contributed by atoms with E-state index in [0.29, 0.717) is 5.56 Å². The SMILES string of the molecule is CCOC(=O)[C@H]1CN(C(=O)OC(C)(C)C)C[C@H]1c1cscc1C(=O)O. The predicted molar refractivity (Wildman–Crippen MR) is 91.9 cm³/mol. The minimum Gasteiger partial charge on any atom is -0.478 e. The molecule has 1 aromatic heterocycles. The number of rotatable bonds is 4. The van der Waals surface area contributed by atoms with Crippen LogP contribution in [0.4, 0.5) is 4.79 Å². The van der Waals surface area contributed by atoms with Gasteiger partial charge in [0, 0.05) is 24.4 Å². The normalized spacial score (nSPS) is 20.4. The molecule has 0 spiro atoms. The highest BCUT2D eigenvalue weighted by Gasteiger charge is 2.44. The predicted octanol–water partition coefficient (Wildman–Crippen LogP) is 2.96. The van der Waals surface area contributed by atoms with Gasteiger partial charge in [0.2, 0.25) is 0 Å². The lowest BCUT2D eigenvalue weighted by molar-refractivity contribution is -0.147. The lowest BCUT2D eigenvalue weighted by Gasteiger charge is -2.24. The van der Waals surface area contributed by atoms with Crippen LogP contribution >= 0.6 is 11.3 Å². The van der Waals surface area contributed by atoms with Crippen LogP contribution in [-0.4, -0.2) is 53.3 Å². The summed E-state index contributed by atoms with van der Waals surface area (Å²) in [6, 6.07) is 0. The van der Waals surface area contributed by atoms with Gasteiger partial charge >= 0.3 is 18.0 Å². The molecule has 0 saturated carbocycles. The van der Waals surface area contributed by atoms with Crippen LogP contribution in [0.2, 0.25) is 0 Å². The molecular weight excluding hydrogens is 346 g/mol. The van der Waals surface area contributed by atoms with Gasteiger partial charge in [0.05, 0.1) is 18.1 Å². The van der Waals surface area contributed by atoms with Crippen LogP contribution in [-0.2, 0) is 14.3 Å². The van der Waals surface area contributed by atoms with Gasteiger partial charge in [-0.1, -0.05) is 0 Å². The van der Waals surface area contributed by atoms with Gasteiger partial charge < -0.3 is 19.5 Å². The first-order chi connectivity index (χ1) is 11.6.